The van der Waals surface area contributed by atoms with Gasteiger partial charge in [0.2, 0.25) is 0 Å². The van der Waals surface area contributed by atoms with E-state index >= 15 is 0 Å². The summed E-state index contributed by atoms with van der Waals surface area (Å²) < 4.78 is 39.9. The average molecular weight is 392 g/mol. The molecule has 0 atom stereocenters. The highest BCUT2D eigenvalue weighted by atomic mass is 19.4. The molecule has 148 valence electrons. The lowest BCUT2D eigenvalue weighted by Gasteiger charge is -2.35. The number of piperazine rings is 1. The number of aromatic amines is 1. The van der Waals surface area contributed by atoms with Crippen molar-refractivity contribution in [3.63, 3.8) is 0 Å². The number of nitrogens with zero attached hydrogens (tertiary/aromatic N) is 3. The van der Waals surface area contributed by atoms with E-state index in [1.165, 1.54) is 16.9 Å². The fourth-order valence-corrected chi connectivity index (χ4v) is 3.31. The monoisotopic (exact) mass is 392 g/mol. The van der Waals surface area contributed by atoms with Crippen LogP contribution in [0.4, 0.5) is 18.9 Å². The first-order valence-electron chi connectivity index (χ1n) is 8.89. The van der Waals surface area contributed by atoms with Gasteiger partial charge < -0.3 is 14.7 Å². The maximum Gasteiger partial charge on any atom is 0.416 e. The number of hydrogen-bond donors (Lipinski definition) is 1. The van der Waals surface area contributed by atoms with Gasteiger partial charge >= 0.3 is 11.9 Å². The summed E-state index contributed by atoms with van der Waals surface area (Å²) in [6.07, 6.45) is -4.35. The van der Waals surface area contributed by atoms with Gasteiger partial charge in [0.1, 0.15) is 5.52 Å². The summed E-state index contributed by atoms with van der Waals surface area (Å²) in [5, 5.41) is 0. The Morgan fingerprint density at radius 1 is 1.00 bits per heavy atom. The molecule has 0 aliphatic carbocycles. The number of imidazole rings is 1. The maximum atomic E-state index is 12.9. The molecule has 1 saturated heterocycles. The number of halogens is 3. The van der Waals surface area contributed by atoms with Crippen LogP contribution < -0.4 is 15.4 Å². The number of benzene rings is 2. The molecule has 0 radical (unpaired) electrons. The minimum absolute atomic E-state index is 0.220. The van der Waals surface area contributed by atoms with E-state index in [1.807, 2.05) is 21.9 Å². The molecule has 9 heteroatoms. The Morgan fingerprint density at radius 2 is 1.75 bits per heavy atom. The van der Waals surface area contributed by atoms with Gasteiger partial charge in [0.05, 0.1) is 11.1 Å². The first-order chi connectivity index (χ1) is 13.4. The van der Waals surface area contributed by atoms with E-state index in [-0.39, 0.29) is 12.4 Å². The Bertz CT molecular complexity index is 1020. The molecular formula is C19H19F3N4O2. The quantitative estimate of drug-likeness (QED) is 0.742. The van der Waals surface area contributed by atoms with E-state index in [1.54, 1.807) is 18.2 Å². The van der Waals surface area contributed by atoms with Crippen LogP contribution in [0.25, 0.3) is 11.0 Å². The van der Waals surface area contributed by atoms with Crippen molar-refractivity contribution in [2.45, 2.75) is 6.18 Å². The molecule has 1 aromatic heterocycles. The van der Waals surface area contributed by atoms with Crippen LogP contribution >= 0.6 is 0 Å². The SMILES string of the molecule is O=c1[nH]c2ccccc2n1OCN1CCN(c2cccc(C(F)(F)F)c2)CC1. The zero-order chi connectivity index (χ0) is 19.7. The van der Waals surface area contributed by atoms with E-state index in [2.05, 4.69) is 4.98 Å². The normalized spacial score (nSPS) is 15.9. The molecule has 6 nitrogen and oxygen atoms in total. The highest BCUT2D eigenvalue weighted by Crippen LogP contribution is 2.31. The maximum absolute atomic E-state index is 12.9. The van der Waals surface area contributed by atoms with Crippen molar-refractivity contribution in [3.8, 4) is 0 Å². The van der Waals surface area contributed by atoms with Gasteiger partial charge in [0.25, 0.3) is 0 Å². The van der Waals surface area contributed by atoms with Crippen molar-refractivity contribution in [1.29, 1.82) is 0 Å². The summed E-state index contributed by atoms with van der Waals surface area (Å²) in [6, 6.07) is 12.6. The van der Waals surface area contributed by atoms with Crippen LogP contribution in [-0.4, -0.2) is 47.5 Å². The molecule has 1 N–H and O–H groups in total. The van der Waals surface area contributed by atoms with Crippen molar-refractivity contribution >= 4 is 16.7 Å². The molecule has 2 aromatic carbocycles. The molecule has 28 heavy (non-hydrogen) atoms. The van der Waals surface area contributed by atoms with E-state index in [4.69, 9.17) is 4.84 Å². The molecule has 0 spiro atoms. The second-order valence-electron chi connectivity index (χ2n) is 6.65. The van der Waals surface area contributed by atoms with E-state index in [9.17, 15) is 18.0 Å². The van der Waals surface area contributed by atoms with Crippen LogP contribution in [-0.2, 0) is 6.18 Å². The van der Waals surface area contributed by atoms with Crippen LogP contribution in [0.5, 0.6) is 0 Å². The van der Waals surface area contributed by atoms with Crippen LogP contribution in [0.15, 0.2) is 53.3 Å². The van der Waals surface area contributed by atoms with Gasteiger partial charge in [-0.1, -0.05) is 18.2 Å². The molecule has 3 aromatic rings. The second kappa shape index (κ2) is 7.23. The molecule has 1 aliphatic rings. The summed E-state index contributed by atoms with van der Waals surface area (Å²) in [4.78, 5) is 24.3. The number of alkyl halides is 3. The number of H-pyrrole nitrogens is 1. The lowest BCUT2D eigenvalue weighted by Crippen LogP contribution is -2.48. The number of aromatic nitrogens is 2. The summed E-state index contributed by atoms with van der Waals surface area (Å²) in [5.41, 5.74) is 0.929. The molecule has 0 saturated carbocycles. The summed E-state index contributed by atoms with van der Waals surface area (Å²) >= 11 is 0. The van der Waals surface area contributed by atoms with Gasteiger partial charge in [0, 0.05) is 31.9 Å². The smallest absolute Gasteiger partial charge is 0.393 e. The van der Waals surface area contributed by atoms with Crippen molar-refractivity contribution < 1.29 is 18.0 Å². The Kier molecular flexibility index (Phi) is 4.76. The van der Waals surface area contributed by atoms with Crippen molar-refractivity contribution in [2.75, 3.05) is 37.8 Å². The molecule has 0 amide bonds. The second-order valence-corrected chi connectivity index (χ2v) is 6.65. The van der Waals surface area contributed by atoms with Gasteiger partial charge in [-0.2, -0.15) is 13.2 Å². The number of para-hydroxylation sites is 2. The third-order valence-corrected chi connectivity index (χ3v) is 4.83. The highest BCUT2D eigenvalue weighted by Gasteiger charge is 2.31. The Morgan fingerprint density at radius 3 is 2.50 bits per heavy atom. The van der Waals surface area contributed by atoms with Crippen molar-refractivity contribution in [3.05, 3.63) is 64.6 Å². The third-order valence-electron chi connectivity index (χ3n) is 4.83. The minimum Gasteiger partial charge on any atom is -0.393 e. The highest BCUT2D eigenvalue weighted by molar-refractivity contribution is 5.74. The fraction of sp³-hybridized carbons (Fsp3) is 0.316. The Hall–Kier alpha value is -2.94. The lowest BCUT2D eigenvalue weighted by atomic mass is 10.1. The molecule has 1 aliphatic heterocycles. The standard InChI is InChI=1S/C19H19F3N4O2/c20-19(21,22)14-4-3-5-15(12-14)25-10-8-24(9-11-25)13-28-26-17-7-2-1-6-16(17)23-18(26)27/h1-7,12H,8-11,13H2,(H,23,27). The summed E-state index contributed by atoms with van der Waals surface area (Å²) in [5.74, 6) is 0. The molecular weight excluding hydrogens is 373 g/mol. The first kappa shape index (κ1) is 18.4. The van der Waals surface area contributed by atoms with Crippen LogP contribution in [0.1, 0.15) is 5.56 Å². The van der Waals surface area contributed by atoms with Gasteiger partial charge in [-0.05, 0) is 30.3 Å². The number of fused-ring (bicyclic) bond motifs is 1. The van der Waals surface area contributed by atoms with Crippen LogP contribution in [0.3, 0.4) is 0 Å². The van der Waals surface area contributed by atoms with Gasteiger partial charge in [-0.3, -0.25) is 4.90 Å². The fourth-order valence-electron chi connectivity index (χ4n) is 3.31. The van der Waals surface area contributed by atoms with Crippen molar-refractivity contribution in [2.24, 2.45) is 0 Å². The predicted molar refractivity (Wildman–Crippen MR) is 99.2 cm³/mol. The van der Waals surface area contributed by atoms with Gasteiger partial charge in [0.15, 0.2) is 6.73 Å². The van der Waals surface area contributed by atoms with Crippen LogP contribution in [0, 0.1) is 0 Å². The molecule has 0 unspecified atom stereocenters. The van der Waals surface area contributed by atoms with Crippen molar-refractivity contribution in [1.82, 2.24) is 14.6 Å². The van der Waals surface area contributed by atoms with Gasteiger partial charge in [-0.15, -0.1) is 4.73 Å². The first-order valence-corrected chi connectivity index (χ1v) is 8.89. The molecule has 1 fully saturated rings. The zero-order valence-corrected chi connectivity index (χ0v) is 14.9. The third kappa shape index (κ3) is 3.70. The number of rotatable bonds is 4. The number of hydrogen-bond acceptors (Lipinski definition) is 4. The Balaban J connectivity index is 1.37. The lowest BCUT2D eigenvalue weighted by molar-refractivity contribution is -0.137. The number of nitrogens with one attached hydrogen (secondary N) is 1. The van der Waals surface area contributed by atoms with E-state index in [0.717, 1.165) is 6.07 Å². The summed E-state index contributed by atoms with van der Waals surface area (Å²) in [6.45, 7) is 2.61. The largest absolute Gasteiger partial charge is 0.416 e. The zero-order valence-electron chi connectivity index (χ0n) is 14.9. The Labute approximate surface area is 158 Å². The van der Waals surface area contributed by atoms with Crippen LogP contribution in [0.2, 0.25) is 0 Å². The van der Waals surface area contributed by atoms with E-state index < -0.39 is 11.7 Å². The topological polar surface area (TPSA) is 53.5 Å². The predicted octanol–water partition coefficient (Wildman–Crippen LogP) is 2.56. The number of anilines is 1. The average Bonchev–Trinajstić information content (AvgIpc) is 3.01. The molecule has 4 rings (SSSR count). The van der Waals surface area contributed by atoms with E-state index in [0.29, 0.717) is 42.9 Å². The minimum atomic E-state index is -4.35. The molecule has 0 bridgehead atoms. The summed E-state index contributed by atoms with van der Waals surface area (Å²) in [7, 11) is 0. The van der Waals surface area contributed by atoms with Gasteiger partial charge in [-0.25, -0.2) is 4.79 Å². The molecule has 2 heterocycles.